The van der Waals surface area contributed by atoms with Crippen molar-refractivity contribution in [2.24, 2.45) is 0 Å². The van der Waals surface area contributed by atoms with Gasteiger partial charge in [0.1, 0.15) is 5.82 Å². The molecule has 0 saturated carbocycles. The van der Waals surface area contributed by atoms with E-state index in [1.54, 1.807) is 42.5 Å². The first-order valence-corrected chi connectivity index (χ1v) is 8.03. The van der Waals surface area contributed by atoms with E-state index in [4.69, 9.17) is 4.74 Å². The topological polar surface area (TPSA) is 80.3 Å². The highest BCUT2D eigenvalue weighted by molar-refractivity contribution is 6.04. The van der Waals surface area contributed by atoms with Gasteiger partial charge in [-0.25, -0.2) is 9.18 Å². The number of benzene rings is 2. The van der Waals surface area contributed by atoms with E-state index < -0.39 is 17.7 Å². The molecule has 0 aliphatic rings. The molecule has 136 valence electrons. The van der Waals surface area contributed by atoms with Crippen LogP contribution < -0.4 is 10.6 Å². The Morgan fingerprint density at radius 1 is 0.963 bits per heavy atom. The third kappa shape index (κ3) is 4.46. The molecular formula is C20H16FN3O3. The summed E-state index contributed by atoms with van der Waals surface area (Å²) < 4.78 is 18.4. The number of carbonyl (C=O) groups is 2. The molecule has 7 heteroatoms. The van der Waals surface area contributed by atoms with Crippen LogP contribution in [0.2, 0.25) is 0 Å². The molecule has 0 aliphatic heterocycles. The summed E-state index contributed by atoms with van der Waals surface area (Å²) in [4.78, 5) is 28.0. The van der Waals surface area contributed by atoms with Gasteiger partial charge in [-0.3, -0.25) is 9.78 Å². The second-order valence-corrected chi connectivity index (χ2v) is 5.59. The lowest BCUT2D eigenvalue weighted by atomic mass is 10.2. The molecule has 0 saturated heterocycles. The normalized spacial score (nSPS) is 10.1. The van der Waals surface area contributed by atoms with Crippen molar-refractivity contribution < 1.29 is 18.7 Å². The summed E-state index contributed by atoms with van der Waals surface area (Å²) in [6.45, 7) is 0. The third-order valence-electron chi connectivity index (χ3n) is 3.69. The third-order valence-corrected chi connectivity index (χ3v) is 3.69. The fourth-order valence-corrected chi connectivity index (χ4v) is 2.40. The second kappa shape index (κ2) is 8.09. The molecule has 6 nitrogen and oxygen atoms in total. The number of carbonyl (C=O) groups excluding carboxylic acids is 2. The van der Waals surface area contributed by atoms with E-state index in [-0.39, 0.29) is 11.3 Å². The lowest BCUT2D eigenvalue weighted by Gasteiger charge is -2.10. The fourth-order valence-electron chi connectivity index (χ4n) is 2.40. The van der Waals surface area contributed by atoms with Gasteiger partial charge in [0.15, 0.2) is 0 Å². The maximum Gasteiger partial charge on any atom is 0.337 e. The number of methoxy groups -OCH3 is 1. The number of aromatic nitrogens is 1. The molecule has 0 aliphatic carbocycles. The number of rotatable bonds is 5. The number of halogens is 1. The summed E-state index contributed by atoms with van der Waals surface area (Å²) in [6, 6.07) is 14.2. The van der Waals surface area contributed by atoms with Gasteiger partial charge in [-0.1, -0.05) is 18.2 Å². The van der Waals surface area contributed by atoms with Gasteiger partial charge in [-0.15, -0.1) is 0 Å². The minimum atomic E-state index is -0.521. The first-order chi connectivity index (χ1) is 13.1. The number of ether oxygens (including phenoxy) is 1. The average Bonchev–Trinajstić information content (AvgIpc) is 2.69. The molecule has 0 atom stereocenters. The molecule has 3 rings (SSSR count). The molecule has 0 unspecified atom stereocenters. The zero-order chi connectivity index (χ0) is 19.2. The molecule has 3 aromatic rings. The summed E-state index contributed by atoms with van der Waals surface area (Å²) in [6.07, 6.45) is 2.91. The van der Waals surface area contributed by atoms with E-state index in [1.807, 2.05) is 0 Å². The minimum absolute atomic E-state index is 0.0895. The van der Waals surface area contributed by atoms with Crippen LogP contribution in [0.4, 0.5) is 21.5 Å². The van der Waals surface area contributed by atoms with E-state index in [0.717, 1.165) is 0 Å². The molecule has 1 amide bonds. The van der Waals surface area contributed by atoms with Gasteiger partial charge in [0.05, 0.1) is 35.8 Å². The van der Waals surface area contributed by atoms with E-state index in [0.29, 0.717) is 16.9 Å². The van der Waals surface area contributed by atoms with Gasteiger partial charge in [-0.05, 0) is 36.4 Å². The van der Waals surface area contributed by atoms with Crippen LogP contribution in [-0.4, -0.2) is 24.0 Å². The van der Waals surface area contributed by atoms with E-state index >= 15 is 0 Å². The average molecular weight is 365 g/mol. The number of esters is 1. The first kappa shape index (κ1) is 18.1. The lowest BCUT2D eigenvalue weighted by molar-refractivity contribution is 0.0600. The van der Waals surface area contributed by atoms with Crippen LogP contribution in [0.5, 0.6) is 0 Å². The number of pyridine rings is 1. The van der Waals surface area contributed by atoms with Gasteiger partial charge in [-0.2, -0.15) is 0 Å². The summed E-state index contributed by atoms with van der Waals surface area (Å²) in [5, 5.41) is 5.58. The van der Waals surface area contributed by atoms with Crippen molar-refractivity contribution in [3.8, 4) is 0 Å². The largest absolute Gasteiger partial charge is 0.465 e. The second-order valence-electron chi connectivity index (χ2n) is 5.59. The Morgan fingerprint density at radius 3 is 2.52 bits per heavy atom. The maximum atomic E-state index is 13.7. The molecule has 0 fully saturated rings. The molecule has 2 aromatic carbocycles. The number of hydrogen-bond donors (Lipinski definition) is 2. The number of nitrogens with one attached hydrogen (secondary N) is 2. The fraction of sp³-hybridized carbons (Fsp3) is 0.0500. The predicted molar refractivity (Wildman–Crippen MR) is 99.7 cm³/mol. The molecule has 1 heterocycles. The molecule has 0 radical (unpaired) electrons. The number of anilines is 3. The van der Waals surface area contributed by atoms with Crippen LogP contribution in [0, 0.1) is 5.82 Å². The Morgan fingerprint density at radius 2 is 1.74 bits per heavy atom. The Hall–Kier alpha value is -3.74. The monoisotopic (exact) mass is 365 g/mol. The number of para-hydroxylation sites is 1. The van der Waals surface area contributed by atoms with Crippen molar-refractivity contribution >= 4 is 28.9 Å². The van der Waals surface area contributed by atoms with Gasteiger partial charge < -0.3 is 15.4 Å². The highest BCUT2D eigenvalue weighted by atomic mass is 19.1. The maximum absolute atomic E-state index is 13.7. The SMILES string of the molecule is COC(=O)c1cccc(Nc2cncc(C(=O)Nc3ccccc3F)c2)c1. The molecule has 27 heavy (non-hydrogen) atoms. The van der Waals surface area contributed by atoms with Crippen molar-refractivity contribution in [2.75, 3.05) is 17.7 Å². The first-order valence-electron chi connectivity index (χ1n) is 8.03. The highest BCUT2D eigenvalue weighted by Gasteiger charge is 2.11. The molecule has 2 N–H and O–H groups in total. The summed E-state index contributed by atoms with van der Waals surface area (Å²) in [7, 11) is 1.31. The number of nitrogens with zero attached hydrogens (tertiary/aromatic N) is 1. The molecule has 1 aromatic heterocycles. The van der Waals surface area contributed by atoms with Crippen molar-refractivity contribution in [1.29, 1.82) is 0 Å². The standard InChI is InChI=1S/C20H16FN3O3/c1-27-20(26)13-5-4-6-15(9-13)23-16-10-14(11-22-12-16)19(25)24-18-8-3-2-7-17(18)21/h2-12,23H,1H3,(H,24,25). The van der Waals surface area contributed by atoms with Gasteiger partial charge in [0.25, 0.3) is 5.91 Å². The van der Waals surface area contributed by atoms with Crippen LogP contribution in [-0.2, 0) is 4.74 Å². The van der Waals surface area contributed by atoms with Gasteiger partial charge in [0, 0.05) is 11.9 Å². The van der Waals surface area contributed by atoms with Gasteiger partial charge >= 0.3 is 5.97 Å². The van der Waals surface area contributed by atoms with Crippen LogP contribution in [0.3, 0.4) is 0 Å². The van der Waals surface area contributed by atoms with Crippen LogP contribution in [0.25, 0.3) is 0 Å². The van der Waals surface area contributed by atoms with Crippen LogP contribution in [0.15, 0.2) is 67.0 Å². The molecule has 0 spiro atoms. The smallest absolute Gasteiger partial charge is 0.337 e. The summed E-state index contributed by atoms with van der Waals surface area (Å²) >= 11 is 0. The van der Waals surface area contributed by atoms with E-state index in [1.165, 1.54) is 31.6 Å². The van der Waals surface area contributed by atoms with Crippen molar-refractivity contribution in [3.05, 3.63) is 83.9 Å². The summed E-state index contributed by atoms with van der Waals surface area (Å²) in [5.74, 6) is -1.46. The van der Waals surface area contributed by atoms with Crippen molar-refractivity contribution in [2.45, 2.75) is 0 Å². The van der Waals surface area contributed by atoms with Crippen molar-refractivity contribution in [3.63, 3.8) is 0 Å². The predicted octanol–water partition coefficient (Wildman–Crippen LogP) is 4.00. The zero-order valence-corrected chi connectivity index (χ0v) is 14.4. The highest BCUT2D eigenvalue weighted by Crippen LogP contribution is 2.20. The Balaban J connectivity index is 1.77. The Kier molecular flexibility index (Phi) is 5.41. The number of hydrogen-bond acceptors (Lipinski definition) is 5. The van der Waals surface area contributed by atoms with Gasteiger partial charge in [0.2, 0.25) is 0 Å². The van der Waals surface area contributed by atoms with Crippen LogP contribution >= 0.6 is 0 Å². The Labute approximate surface area is 155 Å². The lowest BCUT2D eigenvalue weighted by Crippen LogP contribution is -2.13. The van der Waals surface area contributed by atoms with Crippen molar-refractivity contribution in [1.82, 2.24) is 4.98 Å². The zero-order valence-electron chi connectivity index (χ0n) is 14.4. The minimum Gasteiger partial charge on any atom is -0.465 e. The quantitative estimate of drug-likeness (QED) is 0.668. The Bertz CT molecular complexity index is 991. The number of amides is 1. The molecule has 0 bridgehead atoms. The molecular weight excluding hydrogens is 349 g/mol. The van der Waals surface area contributed by atoms with E-state index in [9.17, 15) is 14.0 Å². The summed E-state index contributed by atoms with van der Waals surface area (Å²) in [5.41, 5.74) is 1.91. The van der Waals surface area contributed by atoms with Crippen LogP contribution in [0.1, 0.15) is 20.7 Å². The van der Waals surface area contributed by atoms with E-state index in [2.05, 4.69) is 15.6 Å².